The Morgan fingerprint density at radius 3 is 2.57 bits per heavy atom. The van der Waals surface area contributed by atoms with Gasteiger partial charge in [0.1, 0.15) is 6.07 Å². The Labute approximate surface area is 211 Å². The largest absolute Gasteiger partial charge is 0.396 e. The Morgan fingerprint density at radius 2 is 1.86 bits per heavy atom. The van der Waals surface area contributed by atoms with Crippen LogP contribution in [0.3, 0.4) is 0 Å². The van der Waals surface area contributed by atoms with E-state index in [1.54, 1.807) is 13.0 Å². The lowest BCUT2D eigenvalue weighted by Gasteiger charge is -2.34. The van der Waals surface area contributed by atoms with Crippen LogP contribution in [0.4, 0.5) is 5.69 Å². The summed E-state index contributed by atoms with van der Waals surface area (Å²) in [7, 11) is -1.78. The molecule has 7 nitrogen and oxygen atoms in total. The lowest BCUT2D eigenvalue weighted by atomic mass is 10.0. The molecule has 184 valence electrons. The fourth-order valence-electron chi connectivity index (χ4n) is 3.93. The molecular formula is C26H30N4O3S2. The molecule has 4 rings (SSSR count). The molecule has 0 bridgehead atoms. The van der Waals surface area contributed by atoms with Crippen molar-refractivity contribution in [2.45, 2.75) is 6.92 Å². The van der Waals surface area contributed by atoms with Gasteiger partial charge in [0.15, 0.2) is 4.91 Å². The summed E-state index contributed by atoms with van der Waals surface area (Å²) in [4.78, 5) is 6.11. The van der Waals surface area contributed by atoms with E-state index >= 15 is 0 Å². The second-order valence-corrected chi connectivity index (χ2v) is 11.8. The van der Waals surface area contributed by atoms with E-state index in [4.69, 9.17) is 5.11 Å². The molecule has 1 aliphatic heterocycles. The van der Waals surface area contributed by atoms with Crippen molar-refractivity contribution in [3.63, 3.8) is 0 Å². The van der Waals surface area contributed by atoms with Crippen molar-refractivity contribution < 1.29 is 13.5 Å². The minimum Gasteiger partial charge on any atom is -0.396 e. The summed E-state index contributed by atoms with van der Waals surface area (Å²) in [5.74, 6) is -0.233. The van der Waals surface area contributed by atoms with E-state index in [1.807, 2.05) is 12.1 Å². The quantitative estimate of drug-likeness (QED) is 0.448. The van der Waals surface area contributed by atoms with Gasteiger partial charge in [-0.15, -0.1) is 11.3 Å². The average Bonchev–Trinajstić information content (AvgIpc) is 3.34. The number of thiophene rings is 1. The van der Waals surface area contributed by atoms with Crippen LogP contribution in [0.1, 0.15) is 11.8 Å². The van der Waals surface area contributed by atoms with Crippen molar-refractivity contribution in [1.82, 2.24) is 9.62 Å². The summed E-state index contributed by atoms with van der Waals surface area (Å²) in [6.45, 7) is 5.86. The lowest BCUT2D eigenvalue weighted by molar-refractivity contribution is 0.239. The maximum Gasteiger partial charge on any atom is 0.250 e. The van der Waals surface area contributed by atoms with Crippen molar-refractivity contribution in [2.75, 3.05) is 51.3 Å². The molecule has 2 N–H and O–H groups in total. The number of likely N-dealkylation sites (N-methyl/N-ethyl adjacent to an activating group) is 1. The third-order valence-electron chi connectivity index (χ3n) is 6.21. The molecule has 1 aromatic heterocycles. The molecule has 0 radical (unpaired) electrons. The van der Waals surface area contributed by atoms with E-state index in [0.717, 1.165) is 42.0 Å². The van der Waals surface area contributed by atoms with Crippen LogP contribution in [0, 0.1) is 17.2 Å². The number of benzene rings is 2. The van der Waals surface area contributed by atoms with Crippen molar-refractivity contribution in [1.29, 1.82) is 5.26 Å². The number of nitriles is 1. The van der Waals surface area contributed by atoms with E-state index in [0.29, 0.717) is 4.88 Å². The van der Waals surface area contributed by atoms with Crippen molar-refractivity contribution >= 4 is 43.9 Å². The smallest absolute Gasteiger partial charge is 0.250 e. The fraction of sp³-hybridized carbons (Fsp3) is 0.346. The van der Waals surface area contributed by atoms with Crippen LogP contribution < -0.4 is 9.62 Å². The van der Waals surface area contributed by atoms with E-state index in [-0.39, 0.29) is 24.0 Å². The summed E-state index contributed by atoms with van der Waals surface area (Å²) < 4.78 is 27.4. The third kappa shape index (κ3) is 6.10. The molecule has 1 atom stereocenters. The first-order valence-electron chi connectivity index (χ1n) is 11.6. The number of nitrogens with zero attached hydrogens (tertiary/aromatic N) is 3. The highest BCUT2D eigenvalue weighted by Gasteiger charge is 2.19. The van der Waals surface area contributed by atoms with Crippen molar-refractivity contribution in [2.24, 2.45) is 5.92 Å². The molecule has 35 heavy (non-hydrogen) atoms. The van der Waals surface area contributed by atoms with E-state index in [1.165, 1.54) is 28.5 Å². The predicted octanol–water partition coefficient (Wildman–Crippen LogP) is 3.73. The highest BCUT2D eigenvalue weighted by atomic mass is 32.2. The number of sulfonamides is 1. The minimum absolute atomic E-state index is 0.0706. The van der Waals surface area contributed by atoms with Gasteiger partial charge in [-0.05, 0) is 65.7 Å². The standard InChI is InChI=1S/C26H30N4O3S2/c1-19(18-31)17-28-35(32,33)25(16-27)15-24-7-8-26(34-24)22-4-3-21-14-23(6-5-20(21)13-22)30-11-9-29(2)10-12-30/h3-8,13-15,19,28,31H,9-12,17-18H2,1-2H3/b25-15+. The van der Waals surface area contributed by atoms with Crippen LogP contribution in [-0.4, -0.2) is 64.8 Å². The first kappa shape index (κ1) is 25.4. The fourth-order valence-corrected chi connectivity index (χ4v) is 6.01. The molecule has 9 heteroatoms. The van der Waals surface area contributed by atoms with E-state index < -0.39 is 10.0 Å². The topological polar surface area (TPSA) is 96.7 Å². The van der Waals surface area contributed by atoms with Gasteiger partial charge in [0.05, 0.1) is 0 Å². The molecule has 0 amide bonds. The number of allylic oxidation sites excluding steroid dienone is 1. The summed E-state index contributed by atoms with van der Waals surface area (Å²) in [5, 5.41) is 20.9. The van der Waals surface area contributed by atoms with Crippen LogP contribution in [-0.2, 0) is 10.0 Å². The summed E-state index contributed by atoms with van der Waals surface area (Å²) >= 11 is 1.44. The minimum atomic E-state index is -3.94. The molecule has 1 aliphatic rings. The molecule has 2 heterocycles. The normalized spacial score (nSPS) is 16.4. The van der Waals surface area contributed by atoms with Gasteiger partial charge in [-0.1, -0.05) is 25.1 Å². The molecule has 1 unspecified atom stereocenters. The number of aliphatic hydroxyl groups excluding tert-OH is 1. The van der Waals surface area contributed by atoms with Gasteiger partial charge in [-0.2, -0.15) is 5.26 Å². The Kier molecular flexibility index (Phi) is 7.89. The third-order valence-corrected chi connectivity index (χ3v) is 8.63. The molecule has 2 aromatic carbocycles. The Hall–Kier alpha value is -2.74. The second-order valence-electron chi connectivity index (χ2n) is 9.00. The maximum absolute atomic E-state index is 12.5. The van der Waals surface area contributed by atoms with Crippen LogP contribution >= 0.6 is 11.3 Å². The van der Waals surface area contributed by atoms with Crippen molar-refractivity contribution in [3.8, 4) is 16.5 Å². The van der Waals surface area contributed by atoms with Gasteiger partial charge < -0.3 is 14.9 Å². The van der Waals surface area contributed by atoms with Crippen LogP contribution in [0.2, 0.25) is 0 Å². The molecule has 0 spiro atoms. The van der Waals surface area contributed by atoms with Gasteiger partial charge in [0, 0.05) is 54.8 Å². The molecular weight excluding hydrogens is 480 g/mol. The predicted molar refractivity (Wildman–Crippen MR) is 144 cm³/mol. The number of anilines is 1. The highest BCUT2D eigenvalue weighted by molar-refractivity contribution is 7.93. The summed E-state index contributed by atoms with van der Waals surface area (Å²) in [5.41, 5.74) is 2.29. The number of nitrogens with one attached hydrogen (secondary N) is 1. The zero-order valence-corrected chi connectivity index (χ0v) is 21.6. The number of aliphatic hydroxyl groups is 1. The molecule has 1 saturated heterocycles. The Balaban J connectivity index is 1.53. The lowest BCUT2D eigenvalue weighted by Crippen LogP contribution is -2.44. The molecule has 1 fully saturated rings. The Morgan fingerprint density at radius 1 is 1.14 bits per heavy atom. The van der Waals surface area contributed by atoms with Gasteiger partial charge in [-0.25, -0.2) is 13.1 Å². The first-order chi connectivity index (χ1) is 16.8. The van der Waals surface area contributed by atoms with Crippen LogP contribution in [0.15, 0.2) is 53.4 Å². The van der Waals surface area contributed by atoms with E-state index in [9.17, 15) is 13.7 Å². The molecule has 0 saturated carbocycles. The van der Waals surface area contributed by atoms with Gasteiger partial charge in [0.2, 0.25) is 0 Å². The number of hydrogen-bond donors (Lipinski definition) is 2. The van der Waals surface area contributed by atoms with Crippen LogP contribution in [0.5, 0.6) is 0 Å². The monoisotopic (exact) mass is 510 g/mol. The number of hydrogen-bond acceptors (Lipinski definition) is 7. The Bertz CT molecular complexity index is 1370. The average molecular weight is 511 g/mol. The van der Waals surface area contributed by atoms with Crippen LogP contribution in [0.25, 0.3) is 27.3 Å². The molecule has 0 aliphatic carbocycles. The number of rotatable bonds is 8. The van der Waals surface area contributed by atoms with Gasteiger partial charge in [-0.3, -0.25) is 0 Å². The SMILES string of the molecule is CC(CO)CNS(=O)(=O)/C(C#N)=C/c1ccc(-c2ccc3cc(N4CCN(C)CC4)ccc3c2)s1. The number of piperazine rings is 1. The number of fused-ring (bicyclic) bond motifs is 1. The van der Waals surface area contributed by atoms with Crippen molar-refractivity contribution in [3.05, 3.63) is 58.3 Å². The van der Waals surface area contributed by atoms with Gasteiger partial charge in [0.25, 0.3) is 10.0 Å². The summed E-state index contributed by atoms with van der Waals surface area (Å²) in [6.07, 6.45) is 1.39. The maximum atomic E-state index is 12.5. The second kappa shape index (κ2) is 10.9. The zero-order chi connectivity index (χ0) is 25.0. The van der Waals surface area contributed by atoms with Gasteiger partial charge >= 0.3 is 0 Å². The van der Waals surface area contributed by atoms with E-state index in [2.05, 4.69) is 58.0 Å². The molecule has 3 aromatic rings. The zero-order valence-electron chi connectivity index (χ0n) is 19.9. The summed E-state index contributed by atoms with van der Waals surface area (Å²) in [6, 6.07) is 18.5. The highest BCUT2D eigenvalue weighted by Crippen LogP contribution is 2.33. The first-order valence-corrected chi connectivity index (χ1v) is 13.9.